The summed E-state index contributed by atoms with van der Waals surface area (Å²) in [6.45, 7) is 1.68. The van der Waals surface area contributed by atoms with Crippen molar-refractivity contribution in [2.45, 2.75) is 13.0 Å². The Hall–Kier alpha value is -2.92. The summed E-state index contributed by atoms with van der Waals surface area (Å²) in [6.07, 6.45) is -0.658. The molecule has 0 unspecified atom stereocenters. The molecule has 0 saturated heterocycles. The van der Waals surface area contributed by atoms with Crippen LogP contribution in [0.25, 0.3) is 10.8 Å². The molecule has 0 aliphatic carbocycles. The summed E-state index contributed by atoms with van der Waals surface area (Å²) in [5.74, 6) is 0.333. The molecule has 0 spiro atoms. The third-order valence-electron chi connectivity index (χ3n) is 3.70. The van der Waals surface area contributed by atoms with Gasteiger partial charge >= 0.3 is 0 Å². The second kappa shape index (κ2) is 7.77. The minimum atomic E-state index is -0.658. The van der Waals surface area contributed by atoms with Crippen LogP contribution >= 0.6 is 12.2 Å². The molecule has 0 aromatic heterocycles. The number of benzene rings is 3. The summed E-state index contributed by atoms with van der Waals surface area (Å²) < 4.78 is 5.60. The monoisotopic (exact) mass is 350 g/mol. The van der Waals surface area contributed by atoms with Gasteiger partial charge in [0.15, 0.2) is 11.2 Å². The van der Waals surface area contributed by atoms with E-state index in [1.165, 1.54) is 0 Å². The molecule has 1 atom stereocenters. The van der Waals surface area contributed by atoms with E-state index in [0.717, 1.165) is 16.5 Å². The summed E-state index contributed by atoms with van der Waals surface area (Å²) in [7, 11) is 0. The minimum Gasteiger partial charge on any atom is -0.481 e. The lowest BCUT2D eigenvalue weighted by atomic mass is 10.1. The molecule has 4 nitrogen and oxygen atoms in total. The van der Waals surface area contributed by atoms with Gasteiger partial charge in [0.2, 0.25) is 0 Å². The number of para-hydroxylation sites is 1. The molecule has 2 N–H and O–H groups in total. The van der Waals surface area contributed by atoms with Crippen molar-refractivity contribution in [2.75, 3.05) is 5.32 Å². The van der Waals surface area contributed by atoms with Crippen LogP contribution in [0.15, 0.2) is 72.8 Å². The molecule has 0 aliphatic rings. The van der Waals surface area contributed by atoms with E-state index in [1.54, 1.807) is 19.1 Å². The second-order valence-corrected chi connectivity index (χ2v) is 5.95. The standard InChI is InChI=1S/C20H18N2O2S/c1-14(24-16-10-3-2-4-11-16)19(23)22-20(25)21-18-13-7-9-15-8-5-6-12-17(15)18/h2-14H,1H3,(H2,21,22,23,25)/t14-/m0/s1. The van der Waals surface area contributed by atoms with E-state index in [1.807, 2.05) is 60.7 Å². The van der Waals surface area contributed by atoms with E-state index >= 15 is 0 Å². The van der Waals surface area contributed by atoms with Gasteiger partial charge in [-0.05, 0) is 42.7 Å². The van der Waals surface area contributed by atoms with Crippen molar-refractivity contribution in [1.82, 2.24) is 5.32 Å². The topological polar surface area (TPSA) is 50.4 Å². The zero-order valence-electron chi connectivity index (χ0n) is 13.7. The third kappa shape index (κ3) is 4.33. The average molecular weight is 350 g/mol. The Morgan fingerprint density at radius 3 is 2.44 bits per heavy atom. The first-order valence-corrected chi connectivity index (χ1v) is 8.35. The smallest absolute Gasteiger partial charge is 0.266 e. The molecule has 0 heterocycles. The van der Waals surface area contributed by atoms with Gasteiger partial charge in [0.25, 0.3) is 5.91 Å². The Morgan fingerprint density at radius 2 is 1.64 bits per heavy atom. The largest absolute Gasteiger partial charge is 0.481 e. The number of hydrogen-bond donors (Lipinski definition) is 2. The van der Waals surface area contributed by atoms with Crippen LogP contribution in [0.5, 0.6) is 5.75 Å². The van der Waals surface area contributed by atoms with Gasteiger partial charge in [0.05, 0.1) is 0 Å². The van der Waals surface area contributed by atoms with Crippen molar-refractivity contribution in [3.05, 3.63) is 72.8 Å². The highest BCUT2D eigenvalue weighted by molar-refractivity contribution is 7.80. The number of fused-ring (bicyclic) bond motifs is 1. The van der Waals surface area contributed by atoms with E-state index in [4.69, 9.17) is 17.0 Å². The molecule has 3 aromatic carbocycles. The number of amides is 1. The number of carbonyl (C=O) groups excluding carboxylic acids is 1. The summed E-state index contributed by atoms with van der Waals surface area (Å²) in [5.41, 5.74) is 0.847. The first kappa shape index (κ1) is 16.9. The van der Waals surface area contributed by atoms with E-state index in [2.05, 4.69) is 10.6 Å². The molecule has 5 heteroatoms. The molecular weight excluding hydrogens is 332 g/mol. The number of thiocarbonyl (C=S) groups is 1. The Kier molecular flexibility index (Phi) is 5.26. The zero-order valence-corrected chi connectivity index (χ0v) is 14.5. The van der Waals surface area contributed by atoms with Crippen molar-refractivity contribution < 1.29 is 9.53 Å². The third-order valence-corrected chi connectivity index (χ3v) is 3.90. The van der Waals surface area contributed by atoms with Gasteiger partial charge in [0, 0.05) is 11.1 Å². The maximum Gasteiger partial charge on any atom is 0.266 e. The number of anilines is 1. The van der Waals surface area contributed by atoms with Crippen molar-refractivity contribution in [2.24, 2.45) is 0 Å². The maximum absolute atomic E-state index is 12.2. The Labute approximate surface area is 151 Å². The Morgan fingerprint density at radius 1 is 0.960 bits per heavy atom. The van der Waals surface area contributed by atoms with Gasteiger partial charge in [0.1, 0.15) is 5.75 Å². The second-order valence-electron chi connectivity index (χ2n) is 5.54. The molecule has 1 amide bonds. The Bertz CT molecular complexity index is 891. The highest BCUT2D eigenvalue weighted by atomic mass is 32.1. The Balaban J connectivity index is 1.62. The van der Waals surface area contributed by atoms with Crippen molar-refractivity contribution >= 4 is 39.7 Å². The van der Waals surface area contributed by atoms with E-state index in [-0.39, 0.29) is 11.0 Å². The zero-order chi connectivity index (χ0) is 17.6. The summed E-state index contributed by atoms with van der Waals surface area (Å²) in [4.78, 5) is 12.2. The molecule has 3 rings (SSSR count). The minimum absolute atomic E-state index is 0.241. The molecule has 126 valence electrons. The van der Waals surface area contributed by atoms with E-state index in [0.29, 0.717) is 5.75 Å². The predicted molar refractivity (Wildman–Crippen MR) is 105 cm³/mol. The summed E-state index contributed by atoms with van der Waals surface area (Å²) >= 11 is 5.26. The van der Waals surface area contributed by atoms with Crippen LogP contribution in [0, 0.1) is 0 Å². The van der Waals surface area contributed by atoms with Crippen molar-refractivity contribution in [3.63, 3.8) is 0 Å². The van der Waals surface area contributed by atoms with Crippen LogP contribution < -0.4 is 15.4 Å². The van der Waals surface area contributed by atoms with Crippen LogP contribution in [0.4, 0.5) is 5.69 Å². The van der Waals surface area contributed by atoms with Crippen molar-refractivity contribution in [1.29, 1.82) is 0 Å². The molecule has 25 heavy (non-hydrogen) atoms. The lowest BCUT2D eigenvalue weighted by Gasteiger charge is -2.16. The van der Waals surface area contributed by atoms with E-state index < -0.39 is 6.10 Å². The molecular formula is C20H18N2O2S. The molecule has 3 aromatic rings. The number of nitrogens with one attached hydrogen (secondary N) is 2. The van der Waals surface area contributed by atoms with Gasteiger partial charge in [-0.3, -0.25) is 10.1 Å². The average Bonchev–Trinajstić information content (AvgIpc) is 2.63. The molecule has 0 aliphatic heterocycles. The fourth-order valence-electron chi connectivity index (χ4n) is 2.46. The molecule has 0 fully saturated rings. The van der Waals surface area contributed by atoms with Gasteiger partial charge in [-0.15, -0.1) is 0 Å². The molecule has 0 radical (unpaired) electrons. The van der Waals surface area contributed by atoms with Crippen molar-refractivity contribution in [3.8, 4) is 5.75 Å². The number of rotatable bonds is 4. The molecule has 0 bridgehead atoms. The van der Waals surface area contributed by atoms with Crippen LogP contribution in [-0.4, -0.2) is 17.1 Å². The maximum atomic E-state index is 12.2. The SMILES string of the molecule is C[C@H](Oc1ccccc1)C(=O)NC(=S)Nc1cccc2ccccc12. The number of carbonyl (C=O) groups is 1. The van der Waals surface area contributed by atoms with Crippen LogP contribution in [-0.2, 0) is 4.79 Å². The molecule has 0 saturated carbocycles. The van der Waals surface area contributed by atoms with Gasteiger partial charge in [-0.25, -0.2) is 0 Å². The van der Waals surface area contributed by atoms with Gasteiger partial charge in [-0.2, -0.15) is 0 Å². The summed E-state index contributed by atoms with van der Waals surface area (Å²) in [6, 6.07) is 23.1. The van der Waals surface area contributed by atoms with Crippen LogP contribution in [0.1, 0.15) is 6.92 Å². The highest BCUT2D eigenvalue weighted by Gasteiger charge is 2.16. The number of ether oxygens (including phenoxy) is 1. The summed E-state index contributed by atoms with van der Waals surface area (Å²) in [5, 5.41) is 8.13. The highest BCUT2D eigenvalue weighted by Crippen LogP contribution is 2.22. The lowest BCUT2D eigenvalue weighted by molar-refractivity contribution is -0.125. The number of hydrogen-bond acceptors (Lipinski definition) is 3. The van der Waals surface area contributed by atoms with E-state index in [9.17, 15) is 4.79 Å². The lowest BCUT2D eigenvalue weighted by Crippen LogP contribution is -2.42. The normalized spacial score (nSPS) is 11.6. The first-order chi connectivity index (χ1) is 12.1. The van der Waals surface area contributed by atoms with Crippen LogP contribution in [0.2, 0.25) is 0 Å². The van der Waals surface area contributed by atoms with Gasteiger partial charge in [-0.1, -0.05) is 54.6 Å². The first-order valence-electron chi connectivity index (χ1n) is 7.95. The van der Waals surface area contributed by atoms with Crippen LogP contribution in [0.3, 0.4) is 0 Å². The fraction of sp³-hybridized carbons (Fsp3) is 0.100. The van der Waals surface area contributed by atoms with Gasteiger partial charge < -0.3 is 10.1 Å². The fourth-order valence-corrected chi connectivity index (χ4v) is 2.67. The quantitative estimate of drug-likeness (QED) is 0.695. The predicted octanol–water partition coefficient (Wildman–Crippen LogP) is 4.12.